The van der Waals surface area contributed by atoms with E-state index in [1.54, 1.807) is 0 Å². The number of hydrogen-bond donors (Lipinski definition) is 3. The summed E-state index contributed by atoms with van der Waals surface area (Å²) in [6.07, 6.45) is 2.34. The summed E-state index contributed by atoms with van der Waals surface area (Å²) in [6, 6.07) is 8.23. The number of carbonyl (C=O) groups excluding carboxylic acids is 2. The molecule has 102 valence electrons. The molecule has 19 heavy (non-hydrogen) atoms. The van der Waals surface area contributed by atoms with Crippen molar-refractivity contribution in [3.63, 3.8) is 0 Å². The molecule has 5 nitrogen and oxygen atoms in total. The maximum Gasteiger partial charge on any atom is 0.247 e. The molecule has 0 bridgehead atoms. The molecule has 4 N–H and O–H groups in total. The molecule has 1 aromatic carbocycles. The Kier molecular flexibility index (Phi) is 4.52. The number of nitrogens with one attached hydrogen (secondary N) is 2. The van der Waals surface area contributed by atoms with E-state index < -0.39 is 12.1 Å². The van der Waals surface area contributed by atoms with Crippen LogP contribution in [-0.4, -0.2) is 24.4 Å². The lowest BCUT2D eigenvalue weighted by molar-refractivity contribution is -0.137. The first-order chi connectivity index (χ1) is 9.22. The van der Waals surface area contributed by atoms with E-state index in [0.29, 0.717) is 13.0 Å². The standard InChI is InChI=1S/C14H19N3O2/c15-9-5-4-8-11-13(18)17-12(14(19)16-11)10-6-2-1-3-7-10/h1-3,6-7,11-12H,4-5,8-9,15H2,(H,16,19)(H,17,18)/t11-,12+/m0/s1. The molecule has 0 aromatic heterocycles. The van der Waals surface area contributed by atoms with Gasteiger partial charge in [0.25, 0.3) is 0 Å². The average molecular weight is 261 g/mol. The van der Waals surface area contributed by atoms with E-state index in [2.05, 4.69) is 10.6 Å². The van der Waals surface area contributed by atoms with Crippen LogP contribution in [0.3, 0.4) is 0 Å². The first-order valence-electron chi connectivity index (χ1n) is 6.58. The van der Waals surface area contributed by atoms with Crippen molar-refractivity contribution in [3.8, 4) is 0 Å². The van der Waals surface area contributed by atoms with Crippen molar-refractivity contribution in [1.82, 2.24) is 10.6 Å². The molecule has 2 atom stereocenters. The summed E-state index contributed by atoms with van der Waals surface area (Å²) in [5.41, 5.74) is 6.22. The Morgan fingerprint density at radius 1 is 1.00 bits per heavy atom. The third-order valence-electron chi connectivity index (χ3n) is 3.26. The van der Waals surface area contributed by atoms with Gasteiger partial charge in [0.2, 0.25) is 11.8 Å². The van der Waals surface area contributed by atoms with Crippen LogP contribution >= 0.6 is 0 Å². The highest BCUT2D eigenvalue weighted by Crippen LogP contribution is 2.17. The molecule has 0 saturated carbocycles. The normalized spacial score (nSPS) is 22.8. The van der Waals surface area contributed by atoms with Crippen molar-refractivity contribution in [2.45, 2.75) is 31.3 Å². The molecule has 2 rings (SSSR count). The predicted molar refractivity (Wildman–Crippen MR) is 72.2 cm³/mol. The molecule has 1 heterocycles. The van der Waals surface area contributed by atoms with Crippen LogP contribution in [0.5, 0.6) is 0 Å². The van der Waals surface area contributed by atoms with Crippen LogP contribution in [0.15, 0.2) is 30.3 Å². The molecule has 5 heteroatoms. The average Bonchev–Trinajstić information content (AvgIpc) is 2.43. The molecule has 2 amide bonds. The number of hydrogen-bond acceptors (Lipinski definition) is 3. The van der Waals surface area contributed by atoms with E-state index in [1.807, 2.05) is 30.3 Å². The zero-order chi connectivity index (χ0) is 13.7. The van der Waals surface area contributed by atoms with Crippen molar-refractivity contribution in [1.29, 1.82) is 0 Å². The third kappa shape index (κ3) is 3.32. The highest BCUT2D eigenvalue weighted by molar-refractivity contribution is 5.97. The minimum Gasteiger partial charge on any atom is -0.342 e. The van der Waals surface area contributed by atoms with E-state index in [4.69, 9.17) is 5.73 Å². The van der Waals surface area contributed by atoms with Crippen LogP contribution in [0, 0.1) is 0 Å². The first-order valence-corrected chi connectivity index (χ1v) is 6.58. The van der Waals surface area contributed by atoms with Gasteiger partial charge in [-0.15, -0.1) is 0 Å². The van der Waals surface area contributed by atoms with Gasteiger partial charge < -0.3 is 16.4 Å². The Labute approximate surface area is 112 Å². The second-order valence-electron chi connectivity index (χ2n) is 4.70. The highest BCUT2D eigenvalue weighted by Gasteiger charge is 2.33. The number of amides is 2. The fourth-order valence-electron chi connectivity index (χ4n) is 2.21. The van der Waals surface area contributed by atoms with Crippen LogP contribution in [0.4, 0.5) is 0 Å². The Bertz CT molecular complexity index is 447. The van der Waals surface area contributed by atoms with Gasteiger partial charge in [-0.3, -0.25) is 9.59 Å². The summed E-state index contributed by atoms with van der Waals surface area (Å²) in [6.45, 7) is 0.606. The molecule has 1 saturated heterocycles. The van der Waals surface area contributed by atoms with E-state index in [1.165, 1.54) is 0 Å². The van der Waals surface area contributed by atoms with Gasteiger partial charge in [-0.1, -0.05) is 30.3 Å². The second-order valence-corrected chi connectivity index (χ2v) is 4.70. The SMILES string of the molecule is NCCCC[C@@H]1NC(=O)[C@@H](c2ccccc2)NC1=O. The van der Waals surface area contributed by atoms with Gasteiger partial charge in [0.15, 0.2) is 0 Å². The molecular weight excluding hydrogens is 242 g/mol. The van der Waals surface area contributed by atoms with E-state index in [-0.39, 0.29) is 11.8 Å². The summed E-state index contributed by atoms with van der Waals surface area (Å²) in [5, 5.41) is 5.56. The van der Waals surface area contributed by atoms with Crippen LogP contribution in [-0.2, 0) is 9.59 Å². The monoisotopic (exact) mass is 261 g/mol. The quantitative estimate of drug-likeness (QED) is 0.674. The Morgan fingerprint density at radius 3 is 2.42 bits per heavy atom. The van der Waals surface area contributed by atoms with Gasteiger partial charge in [0.05, 0.1) is 0 Å². The van der Waals surface area contributed by atoms with Crippen LogP contribution in [0.25, 0.3) is 0 Å². The fraction of sp³-hybridized carbons (Fsp3) is 0.429. The largest absolute Gasteiger partial charge is 0.342 e. The highest BCUT2D eigenvalue weighted by atomic mass is 16.2. The Balaban J connectivity index is 1.99. The van der Waals surface area contributed by atoms with Crippen molar-refractivity contribution in [3.05, 3.63) is 35.9 Å². The third-order valence-corrected chi connectivity index (χ3v) is 3.26. The molecule has 1 aliphatic heterocycles. The first kappa shape index (κ1) is 13.5. The molecule has 1 fully saturated rings. The Morgan fingerprint density at radius 2 is 1.74 bits per heavy atom. The number of piperazine rings is 1. The lowest BCUT2D eigenvalue weighted by Crippen LogP contribution is -2.57. The molecule has 0 spiro atoms. The van der Waals surface area contributed by atoms with Crippen molar-refractivity contribution in [2.75, 3.05) is 6.54 Å². The second kappa shape index (κ2) is 6.33. The van der Waals surface area contributed by atoms with Gasteiger partial charge in [-0.2, -0.15) is 0 Å². The molecule has 1 aromatic rings. The zero-order valence-corrected chi connectivity index (χ0v) is 10.8. The lowest BCUT2D eigenvalue weighted by atomic mass is 10.00. The van der Waals surface area contributed by atoms with Gasteiger partial charge in [-0.05, 0) is 31.4 Å². The summed E-state index contributed by atoms with van der Waals surface area (Å²) in [4.78, 5) is 24.0. The van der Waals surface area contributed by atoms with E-state index >= 15 is 0 Å². The maximum atomic E-state index is 12.0. The molecule has 0 unspecified atom stereocenters. The van der Waals surface area contributed by atoms with Crippen molar-refractivity contribution < 1.29 is 9.59 Å². The van der Waals surface area contributed by atoms with Crippen LogP contribution < -0.4 is 16.4 Å². The number of rotatable bonds is 5. The molecule has 0 aliphatic carbocycles. The molecular formula is C14H19N3O2. The Hall–Kier alpha value is -1.88. The minimum absolute atomic E-state index is 0.120. The number of unbranched alkanes of at least 4 members (excludes halogenated alkanes) is 1. The summed E-state index contributed by atoms with van der Waals surface area (Å²) in [5.74, 6) is -0.269. The molecule has 1 aliphatic rings. The molecule has 0 radical (unpaired) electrons. The lowest BCUT2D eigenvalue weighted by Gasteiger charge is -2.29. The van der Waals surface area contributed by atoms with E-state index in [9.17, 15) is 9.59 Å². The van der Waals surface area contributed by atoms with Crippen LogP contribution in [0.2, 0.25) is 0 Å². The number of benzene rings is 1. The maximum absolute atomic E-state index is 12.0. The van der Waals surface area contributed by atoms with Gasteiger partial charge in [-0.25, -0.2) is 0 Å². The number of carbonyl (C=O) groups is 2. The summed E-state index contributed by atoms with van der Waals surface area (Å²) in [7, 11) is 0. The predicted octanol–water partition coefficient (Wildman–Crippen LogP) is 0.471. The summed E-state index contributed by atoms with van der Waals surface area (Å²) < 4.78 is 0. The smallest absolute Gasteiger partial charge is 0.247 e. The van der Waals surface area contributed by atoms with Crippen molar-refractivity contribution in [2.24, 2.45) is 5.73 Å². The topological polar surface area (TPSA) is 84.2 Å². The van der Waals surface area contributed by atoms with Crippen molar-refractivity contribution >= 4 is 11.8 Å². The van der Waals surface area contributed by atoms with Gasteiger partial charge in [0, 0.05) is 0 Å². The van der Waals surface area contributed by atoms with Gasteiger partial charge >= 0.3 is 0 Å². The zero-order valence-electron chi connectivity index (χ0n) is 10.8. The minimum atomic E-state index is -0.584. The van der Waals surface area contributed by atoms with Gasteiger partial charge in [0.1, 0.15) is 12.1 Å². The summed E-state index contributed by atoms with van der Waals surface area (Å²) >= 11 is 0. The fourth-order valence-corrected chi connectivity index (χ4v) is 2.21. The van der Waals surface area contributed by atoms with E-state index in [0.717, 1.165) is 18.4 Å². The number of nitrogens with two attached hydrogens (primary N) is 1. The van der Waals surface area contributed by atoms with Crippen LogP contribution in [0.1, 0.15) is 30.9 Å².